The summed E-state index contributed by atoms with van der Waals surface area (Å²) in [4.78, 5) is 23.5. The van der Waals surface area contributed by atoms with Gasteiger partial charge in [-0.25, -0.2) is 4.79 Å². The average Bonchev–Trinajstić information content (AvgIpc) is 3.37. The van der Waals surface area contributed by atoms with Gasteiger partial charge < -0.3 is 15.2 Å². The number of amides is 1. The summed E-state index contributed by atoms with van der Waals surface area (Å²) >= 11 is 0. The molecule has 5 rings (SSSR count). The van der Waals surface area contributed by atoms with Crippen molar-refractivity contribution in [2.24, 2.45) is 0 Å². The fourth-order valence-electron chi connectivity index (χ4n) is 3.79. The number of aromatic carboxylic acids is 1. The molecule has 1 aliphatic heterocycles. The molecule has 4 aromatic rings. The van der Waals surface area contributed by atoms with E-state index in [4.69, 9.17) is 9.84 Å². The van der Waals surface area contributed by atoms with Gasteiger partial charge in [0.05, 0.1) is 23.9 Å². The summed E-state index contributed by atoms with van der Waals surface area (Å²) in [5.41, 5.74) is 5.74. The van der Waals surface area contributed by atoms with E-state index in [1.165, 1.54) is 0 Å². The summed E-state index contributed by atoms with van der Waals surface area (Å²) in [5.74, 6) is -0.415. The molecule has 3 aromatic carbocycles. The van der Waals surface area contributed by atoms with Gasteiger partial charge in [0.25, 0.3) is 5.91 Å². The van der Waals surface area contributed by atoms with Crippen LogP contribution < -0.4 is 10.1 Å². The topological polar surface area (TPSA) is 104 Å². The first-order valence-corrected chi connectivity index (χ1v) is 10.2. The van der Waals surface area contributed by atoms with Crippen LogP contribution in [0.3, 0.4) is 0 Å². The molecule has 0 fully saturated rings. The van der Waals surface area contributed by atoms with E-state index in [9.17, 15) is 9.59 Å². The molecule has 1 amide bonds. The number of rotatable bonds is 5. The summed E-state index contributed by atoms with van der Waals surface area (Å²) < 4.78 is 5.29. The quantitative estimate of drug-likeness (QED) is 0.384. The minimum absolute atomic E-state index is 0.152. The fraction of sp³-hybridized carbons (Fsp3) is 0.0385. The number of methoxy groups -OCH3 is 1. The molecule has 0 atom stereocenters. The monoisotopic (exact) mass is 437 g/mol. The number of aromatic amines is 1. The number of aromatic nitrogens is 2. The zero-order chi connectivity index (χ0) is 22.9. The van der Waals surface area contributed by atoms with Crippen LogP contribution >= 0.6 is 0 Å². The molecular formula is C26H19N3O4. The molecule has 7 nitrogen and oxygen atoms in total. The van der Waals surface area contributed by atoms with Gasteiger partial charge in [-0.1, -0.05) is 24.3 Å². The molecule has 1 aliphatic rings. The van der Waals surface area contributed by atoms with E-state index in [1.807, 2.05) is 54.6 Å². The lowest BCUT2D eigenvalue weighted by Gasteiger charge is -2.03. The molecule has 3 N–H and O–H groups in total. The Labute approximate surface area is 189 Å². The van der Waals surface area contributed by atoms with Crippen molar-refractivity contribution in [1.82, 2.24) is 10.2 Å². The Morgan fingerprint density at radius 1 is 1.00 bits per heavy atom. The van der Waals surface area contributed by atoms with Gasteiger partial charge in [0.15, 0.2) is 0 Å². The largest absolute Gasteiger partial charge is 0.497 e. The van der Waals surface area contributed by atoms with Crippen molar-refractivity contribution in [3.05, 3.63) is 88.6 Å². The Bertz CT molecular complexity index is 1460. The molecule has 2 heterocycles. The van der Waals surface area contributed by atoms with Crippen LogP contribution in [0.2, 0.25) is 0 Å². The third-order valence-electron chi connectivity index (χ3n) is 5.53. The van der Waals surface area contributed by atoms with Gasteiger partial charge in [-0.15, -0.1) is 0 Å². The number of carboxylic acid groups (broad SMARTS) is 1. The Hall–Kier alpha value is -4.65. The SMILES string of the molecule is COc1ccc2c(c1)C(=Cc1ccc3c(C=Cc4ccc(C(=O)O)cc4)n[nH]c3c1)C(=O)N2. The lowest BCUT2D eigenvalue weighted by molar-refractivity contribution is -0.110. The highest BCUT2D eigenvalue weighted by Gasteiger charge is 2.24. The minimum Gasteiger partial charge on any atom is -0.497 e. The number of carbonyl (C=O) groups excluding carboxylic acids is 1. The van der Waals surface area contributed by atoms with Crippen molar-refractivity contribution in [2.45, 2.75) is 0 Å². The second kappa shape index (κ2) is 8.12. The Morgan fingerprint density at radius 2 is 1.79 bits per heavy atom. The summed E-state index contributed by atoms with van der Waals surface area (Å²) in [6, 6.07) is 18.0. The molecule has 33 heavy (non-hydrogen) atoms. The van der Waals surface area contributed by atoms with Crippen molar-refractivity contribution in [2.75, 3.05) is 12.4 Å². The van der Waals surface area contributed by atoms with Crippen LogP contribution in [0.4, 0.5) is 5.69 Å². The zero-order valence-electron chi connectivity index (χ0n) is 17.6. The maximum absolute atomic E-state index is 12.5. The first-order valence-electron chi connectivity index (χ1n) is 10.2. The van der Waals surface area contributed by atoms with Gasteiger partial charge in [-0.2, -0.15) is 5.10 Å². The minimum atomic E-state index is -0.952. The van der Waals surface area contributed by atoms with E-state index >= 15 is 0 Å². The average molecular weight is 437 g/mol. The van der Waals surface area contributed by atoms with Crippen LogP contribution in [0.5, 0.6) is 5.75 Å². The van der Waals surface area contributed by atoms with Gasteiger partial charge >= 0.3 is 5.97 Å². The Balaban J connectivity index is 1.43. The Kier molecular flexibility index (Phi) is 4.99. The van der Waals surface area contributed by atoms with Crippen molar-refractivity contribution < 1.29 is 19.4 Å². The zero-order valence-corrected chi connectivity index (χ0v) is 17.6. The van der Waals surface area contributed by atoms with Crippen molar-refractivity contribution in [3.8, 4) is 5.75 Å². The molecule has 0 radical (unpaired) electrons. The number of carbonyl (C=O) groups is 2. The van der Waals surface area contributed by atoms with Crippen LogP contribution in [0, 0.1) is 0 Å². The first-order chi connectivity index (χ1) is 16.0. The van der Waals surface area contributed by atoms with E-state index in [2.05, 4.69) is 15.5 Å². The standard InChI is InChI=1S/C26H19N3O4/c1-33-18-8-11-22-20(14-18)21(25(30)27-22)12-16-4-9-19-23(28-29-24(19)13-16)10-5-15-2-6-17(7-3-15)26(31)32/h2-14H,1H3,(H,27,30)(H,28,29)(H,31,32). The van der Waals surface area contributed by atoms with Gasteiger partial charge in [0, 0.05) is 22.2 Å². The molecular weight excluding hydrogens is 418 g/mol. The number of carboxylic acids is 1. The number of anilines is 1. The highest BCUT2D eigenvalue weighted by Crippen LogP contribution is 2.36. The van der Waals surface area contributed by atoms with Crippen LogP contribution in [-0.2, 0) is 4.79 Å². The summed E-state index contributed by atoms with van der Waals surface area (Å²) in [6.45, 7) is 0. The normalized spacial score (nSPS) is 14.1. The smallest absolute Gasteiger partial charge is 0.335 e. The molecule has 0 aliphatic carbocycles. The number of hydrogen-bond acceptors (Lipinski definition) is 4. The van der Waals surface area contributed by atoms with E-state index in [-0.39, 0.29) is 11.5 Å². The predicted molar refractivity (Wildman–Crippen MR) is 128 cm³/mol. The Morgan fingerprint density at radius 3 is 2.55 bits per heavy atom. The van der Waals surface area contributed by atoms with Gasteiger partial charge in [-0.05, 0) is 65.7 Å². The molecule has 0 saturated carbocycles. The molecule has 7 heteroatoms. The van der Waals surface area contributed by atoms with Gasteiger partial charge in [-0.3, -0.25) is 9.89 Å². The number of nitrogens with zero attached hydrogens (tertiary/aromatic N) is 1. The van der Waals surface area contributed by atoms with E-state index in [1.54, 1.807) is 31.4 Å². The molecule has 0 spiro atoms. The third-order valence-corrected chi connectivity index (χ3v) is 5.53. The fourth-order valence-corrected chi connectivity index (χ4v) is 3.79. The van der Waals surface area contributed by atoms with Crippen molar-refractivity contribution >= 4 is 52.3 Å². The lowest BCUT2D eigenvalue weighted by atomic mass is 10.0. The molecule has 162 valence electrons. The predicted octanol–water partition coefficient (Wildman–Crippen LogP) is 4.93. The summed E-state index contributed by atoms with van der Waals surface area (Å²) in [6.07, 6.45) is 5.60. The highest BCUT2D eigenvalue weighted by molar-refractivity contribution is 6.35. The third kappa shape index (κ3) is 3.87. The molecule has 0 bridgehead atoms. The van der Waals surface area contributed by atoms with E-state index in [0.717, 1.165) is 39.0 Å². The maximum atomic E-state index is 12.5. The number of H-pyrrole nitrogens is 1. The van der Waals surface area contributed by atoms with Gasteiger partial charge in [0.2, 0.25) is 0 Å². The van der Waals surface area contributed by atoms with Crippen molar-refractivity contribution in [1.29, 1.82) is 0 Å². The van der Waals surface area contributed by atoms with E-state index < -0.39 is 5.97 Å². The van der Waals surface area contributed by atoms with Crippen LogP contribution in [-0.4, -0.2) is 34.3 Å². The summed E-state index contributed by atoms with van der Waals surface area (Å²) in [7, 11) is 1.60. The van der Waals surface area contributed by atoms with Crippen LogP contribution in [0.15, 0.2) is 60.7 Å². The number of ether oxygens (including phenoxy) is 1. The van der Waals surface area contributed by atoms with Crippen LogP contribution in [0.25, 0.3) is 34.7 Å². The number of fused-ring (bicyclic) bond motifs is 2. The molecule has 1 aromatic heterocycles. The van der Waals surface area contributed by atoms with E-state index in [0.29, 0.717) is 11.3 Å². The van der Waals surface area contributed by atoms with Crippen molar-refractivity contribution in [3.63, 3.8) is 0 Å². The number of hydrogen-bond donors (Lipinski definition) is 3. The molecule has 0 unspecified atom stereocenters. The van der Waals surface area contributed by atoms with Gasteiger partial charge in [0.1, 0.15) is 5.75 Å². The maximum Gasteiger partial charge on any atom is 0.335 e. The lowest BCUT2D eigenvalue weighted by Crippen LogP contribution is -2.03. The summed E-state index contributed by atoms with van der Waals surface area (Å²) in [5, 5.41) is 20.2. The van der Waals surface area contributed by atoms with Crippen LogP contribution in [0.1, 0.15) is 32.7 Å². The number of nitrogens with one attached hydrogen (secondary N) is 2. The first kappa shape index (κ1) is 20.3. The number of benzene rings is 3. The highest BCUT2D eigenvalue weighted by atomic mass is 16.5. The second-order valence-electron chi connectivity index (χ2n) is 7.60. The second-order valence-corrected chi connectivity index (χ2v) is 7.60. The molecule has 0 saturated heterocycles.